The van der Waals surface area contributed by atoms with Gasteiger partial charge in [0.2, 0.25) is 5.95 Å². The molecule has 0 aliphatic heterocycles. The van der Waals surface area contributed by atoms with E-state index in [1.54, 1.807) is 34.0 Å². The highest BCUT2D eigenvalue weighted by Gasteiger charge is 2.10. The Morgan fingerprint density at radius 2 is 2.04 bits per heavy atom. The normalized spacial score (nSPS) is 10.7. The molecule has 4 rings (SSSR count). The number of hydrogen-bond donors (Lipinski definition) is 1. The summed E-state index contributed by atoms with van der Waals surface area (Å²) in [5.41, 5.74) is 3.04. The van der Waals surface area contributed by atoms with Crippen LogP contribution in [-0.2, 0) is 13.6 Å². The summed E-state index contributed by atoms with van der Waals surface area (Å²) in [6.07, 6.45) is 6.99. The summed E-state index contributed by atoms with van der Waals surface area (Å²) in [6, 6.07) is 9.68. The molecule has 3 aromatic heterocycles. The third-order valence-corrected chi connectivity index (χ3v) is 3.80. The molecule has 0 fully saturated rings. The van der Waals surface area contributed by atoms with Crippen LogP contribution in [-0.4, -0.2) is 29.5 Å². The number of aromatic nitrogens is 6. The second-order valence-corrected chi connectivity index (χ2v) is 5.57. The van der Waals surface area contributed by atoms with Gasteiger partial charge in [-0.25, -0.2) is 9.67 Å². The number of nitrogens with zero attached hydrogens (tertiary/aromatic N) is 7. The lowest BCUT2D eigenvalue weighted by Crippen LogP contribution is -2.05. The van der Waals surface area contributed by atoms with Crippen molar-refractivity contribution in [1.29, 1.82) is 5.26 Å². The summed E-state index contributed by atoms with van der Waals surface area (Å²) >= 11 is 0. The number of anilines is 2. The standard InChI is InChI=1S/C17H14N8/c1-24-11-15(9-20-24)22-17-19-7-14-8-21-25(16(14)23-17)10-13-5-3-2-4-12(13)6-18/h2-5,7-9,11H,10H2,1H3,(H,19,22,23). The third kappa shape index (κ3) is 2.90. The molecule has 0 aliphatic rings. The molecule has 0 radical (unpaired) electrons. The van der Waals surface area contributed by atoms with E-state index in [1.165, 1.54) is 0 Å². The van der Waals surface area contributed by atoms with Crippen LogP contribution in [0.4, 0.5) is 11.6 Å². The zero-order valence-corrected chi connectivity index (χ0v) is 13.5. The van der Waals surface area contributed by atoms with E-state index in [-0.39, 0.29) is 0 Å². The van der Waals surface area contributed by atoms with Crippen molar-refractivity contribution in [3.63, 3.8) is 0 Å². The fraction of sp³-hybridized carbons (Fsp3) is 0.118. The average Bonchev–Trinajstić information content (AvgIpc) is 3.22. The molecule has 0 unspecified atom stereocenters. The maximum absolute atomic E-state index is 9.25. The first kappa shape index (κ1) is 14.8. The van der Waals surface area contributed by atoms with Crippen molar-refractivity contribution in [3.05, 3.63) is 60.2 Å². The molecule has 1 aromatic carbocycles. The molecule has 4 aromatic rings. The molecule has 8 heteroatoms. The lowest BCUT2D eigenvalue weighted by atomic mass is 10.1. The van der Waals surface area contributed by atoms with Crippen LogP contribution in [0, 0.1) is 11.3 Å². The predicted octanol–water partition coefficient (Wildman–Crippen LogP) is 2.22. The summed E-state index contributed by atoms with van der Waals surface area (Å²) in [6.45, 7) is 0.469. The summed E-state index contributed by atoms with van der Waals surface area (Å²) in [4.78, 5) is 8.85. The number of aryl methyl sites for hydroxylation is 1. The van der Waals surface area contributed by atoms with Gasteiger partial charge >= 0.3 is 0 Å². The third-order valence-electron chi connectivity index (χ3n) is 3.80. The summed E-state index contributed by atoms with van der Waals surface area (Å²) in [7, 11) is 1.84. The first-order valence-corrected chi connectivity index (χ1v) is 7.65. The highest BCUT2D eigenvalue weighted by Crippen LogP contribution is 2.17. The van der Waals surface area contributed by atoms with E-state index < -0.39 is 0 Å². The zero-order valence-electron chi connectivity index (χ0n) is 13.5. The molecule has 1 N–H and O–H groups in total. The monoisotopic (exact) mass is 330 g/mol. The fourth-order valence-corrected chi connectivity index (χ4v) is 2.59. The molecule has 25 heavy (non-hydrogen) atoms. The van der Waals surface area contributed by atoms with Crippen LogP contribution in [0.5, 0.6) is 0 Å². The van der Waals surface area contributed by atoms with Gasteiger partial charge in [-0.05, 0) is 11.6 Å². The average molecular weight is 330 g/mol. The first-order chi connectivity index (χ1) is 12.2. The lowest BCUT2D eigenvalue weighted by Gasteiger charge is -2.06. The van der Waals surface area contributed by atoms with E-state index in [0.29, 0.717) is 23.7 Å². The van der Waals surface area contributed by atoms with Crippen molar-refractivity contribution in [2.75, 3.05) is 5.32 Å². The Hall–Kier alpha value is -3.73. The molecule has 0 saturated heterocycles. The minimum atomic E-state index is 0.468. The molecule has 0 atom stereocenters. The number of rotatable bonds is 4. The van der Waals surface area contributed by atoms with Crippen LogP contribution in [0.2, 0.25) is 0 Å². The van der Waals surface area contributed by atoms with Gasteiger partial charge in [0.15, 0.2) is 5.65 Å². The van der Waals surface area contributed by atoms with E-state index in [4.69, 9.17) is 0 Å². The van der Waals surface area contributed by atoms with Crippen LogP contribution < -0.4 is 5.32 Å². The number of nitrogens with one attached hydrogen (secondary N) is 1. The molecule has 0 aliphatic carbocycles. The molecule has 0 amide bonds. The molecule has 0 bridgehead atoms. The van der Waals surface area contributed by atoms with Crippen molar-refractivity contribution in [1.82, 2.24) is 29.5 Å². The number of fused-ring (bicyclic) bond motifs is 1. The summed E-state index contributed by atoms with van der Waals surface area (Å²) in [5, 5.41) is 21.7. The molecule has 122 valence electrons. The van der Waals surface area contributed by atoms with Crippen molar-refractivity contribution in [2.45, 2.75) is 6.54 Å². The summed E-state index contributed by atoms with van der Waals surface area (Å²) < 4.78 is 3.46. The minimum Gasteiger partial charge on any atom is -0.321 e. The van der Waals surface area contributed by atoms with Crippen LogP contribution in [0.15, 0.2) is 49.1 Å². The number of nitriles is 1. The van der Waals surface area contributed by atoms with Crippen molar-refractivity contribution >= 4 is 22.7 Å². The second-order valence-electron chi connectivity index (χ2n) is 5.57. The quantitative estimate of drug-likeness (QED) is 0.616. The molecule has 3 heterocycles. The van der Waals surface area contributed by atoms with Gasteiger partial charge in [-0.3, -0.25) is 4.68 Å². The van der Waals surface area contributed by atoms with Crippen LogP contribution in [0.1, 0.15) is 11.1 Å². The molecular formula is C17H14N8. The van der Waals surface area contributed by atoms with E-state index in [0.717, 1.165) is 16.6 Å². The second kappa shape index (κ2) is 6.05. The van der Waals surface area contributed by atoms with Crippen molar-refractivity contribution in [2.24, 2.45) is 7.05 Å². The van der Waals surface area contributed by atoms with Gasteiger partial charge in [-0.15, -0.1) is 0 Å². The van der Waals surface area contributed by atoms with Crippen LogP contribution in [0.3, 0.4) is 0 Å². The van der Waals surface area contributed by atoms with Gasteiger partial charge in [0, 0.05) is 19.4 Å². The Morgan fingerprint density at radius 3 is 2.84 bits per heavy atom. The van der Waals surface area contributed by atoms with Gasteiger partial charge in [-0.1, -0.05) is 18.2 Å². The van der Waals surface area contributed by atoms with Crippen LogP contribution >= 0.6 is 0 Å². The molecule has 0 spiro atoms. The first-order valence-electron chi connectivity index (χ1n) is 7.65. The van der Waals surface area contributed by atoms with E-state index in [1.807, 2.05) is 31.4 Å². The smallest absolute Gasteiger partial charge is 0.229 e. The zero-order chi connectivity index (χ0) is 17.2. The fourth-order valence-electron chi connectivity index (χ4n) is 2.59. The van der Waals surface area contributed by atoms with Crippen molar-refractivity contribution in [3.8, 4) is 6.07 Å². The van der Waals surface area contributed by atoms with E-state index in [9.17, 15) is 5.26 Å². The Bertz CT molecular complexity index is 1090. The van der Waals surface area contributed by atoms with E-state index >= 15 is 0 Å². The SMILES string of the molecule is Cn1cc(Nc2ncc3cnn(Cc4ccccc4C#N)c3n2)cn1. The molecule has 8 nitrogen and oxygen atoms in total. The maximum atomic E-state index is 9.25. The Labute approximate surface area is 143 Å². The number of benzene rings is 1. The lowest BCUT2D eigenvalue weighted by molar-refractivity contribution is 0.703. The maximum Gasteiger partial charge on any atom is 0.229 e. The highest BCUT2D eigenvalue weighted by molar-refractivity contribution is 5.75. The Kier molecular flexibility index (Phi) is 3.59. The number of hydrogen-bond acceptors (Lipinski definition) is 6. The van der Waals surface area contributed by atoms with Crippen molar-refractivity contribution < 1.29 is 0 Å². The topological polar surface area (TPSA) is 97.2 Å². The Morgan fingerprint density at radius 1 is 1.16 bits per heavy atom. The largest absolute Gasteiger partial charge is 0.321 e. The van der Waals surface area contributed by atoms with E-state index in [2.05, 4.69) is 31.6 Å². The minimum absolute atomic E-state index is 0.468. The van der Waals surface area contributed by atoms with Gasteiger partial charge in [0.1, 0.15) is 0 Å². The predicted molar refractivity (Wildman–Crippen MR) is 92.1 cm³/mol. The van der Waals surface area contributed by atoms with Gasteiger partial charge in [0.05, 0.1) is 41.6 Å². The van der Waals surface area contributed by atoms with Crippen LogP contribution in [0.25, 0.3) is 11.0 Å². The summed E-state index contributed by atoms with van der Waals surface area (Å²) in [5.74, 6) is 0.468. The molecule has 0 saturated carbocycles. The van der Waals surface area contributed by atoms with Gasteiger partial charge in [-0.2, -0.15) is 20.4 Å². The Balaban J connectivity index is 1.68. The van der Waals surface area contributed by atoms with Gasteiger partial charge < -0.3 is 5.32 Å². The van der Waals surface area contributed by atoms with Gasteiger partial charge in [0.25, 0.3) is 0 Å². The highest BCUT2D eigenvalue weighted by atomic mass is 15.3. The molecular weight excluding hydrogens is 316 g/mol.